The van der Waals surface area contributed by atoms with Gasteiger partial charge in [-0.2, -0.15) is 0 Å². The highest BCUT2D eigenvalue weighted by Gasteiger charge is 2.31. The number of aromatic nitrogens is 4. The lowest BCUT2D eigenvalue weighted by Crippen LogP contribution is -2.51. The lowest BCUT2D eigenvalue weighted by Gasteiger charge is -2.27. The smallest absolute Gasteiger partial charge is 0.168 e. The minimum Gasteiger partial charge on any atom is -0.348 e. The van der Waals surface area contributed by atoms with E-state index in [-0.39, 0.29) is 42.6 Å². The maximum Gasteiger partial charge on any atom is 0.168 e. The van der Waals surface area contributed by atoms with E-state index in [0.717, 1.165) is 11.4 Å². The Morgan fingerprint density at radius 1 is 0.829 bits per heavy atom. The van der Waals surface area contributed by atoms with Gasteiger partial charge in [0.1, 0.15) is 0 Å². The van der Waals surface area contributed by atoms with Crippen LogP contribution in [0.15, 0.2) is 49.3 Å². The van der Waals surface area contributed by atoms with Gasteiger partial charge in [-0.1, -0.05) is 24.3 Å². The first-order valence-electron chi connectivity index (χ1n) is 11.5. The van der Waals surface area contributed by atoms with Crippen LogP contribution in [0.2, 0.25) is 0 Å². The molecule has 3 aromatic rings. The number of hydrogen-bond acceptors (Lipinski definition) is 8. The summed E-state index contributed by atoms with van der Waals surface area (Å²) in [6, 6.07) is 5.26. The number of Topliss-reactive ketones (excluding diaryl/α,β-unsaturated/α-hetero) is 4. The number of nitrogens with one attached hydrogen (secondary N) is 4. The van der Waals surface area contributed by atoms with Crippen molar-refractivity contribution in [3.63, 3.8) is 0 Å². The molecule has 2 aromatic heterocycles. The molecule has 3 heterocycles. The lowest BCUT2D eigenvalue weighted by molar-refractivity contribution is -0.129. The van der Waals surface area contributed by atoms with Gasteiger partial charge >= 0.3 is 0 Å². The summed E-state index contributed by atoms with van der Waals surface area (Å²) >= 11 is 0. The summed E-state index contributed by atoms with van der Waals surface area (Å²) in [5.41, 5.74) is 2.51. The number of rotatable bonds is 7. The number of imidazole rings is 2. The van der Waals surface area contributed by atoms with Crippen molar-refractivity contribution >= 4 is 23.1 Å². The number of benzene rings is 1. The van der Waals surface area contributed by atoms with Crippen molar-refractivity contribution in [2.75, 3.05) is 13.1 Å². The van der Waals surface area contributed by atoms with E-state index in [1.54, 1.807) is 36.7 Å². The first-order chi connectivity index (χ1) is 16.9. The molecular formula is C25H28N6O4. The van der Waals surface area contributed by atoms with Gasteiger partial charge in [-0.15, -0.1) is 0 Å². The van der Waals surface area contributed by atoms with Crippen LogP contribution in [0, 0.1) is 5.92 Å². The molecule has 2 atom stereocenters. The molecule has 0 radical (unpaired) electrons. The number of carbonyl (C=O) groups excluding carboxylic acids is 4. The molecule has 0 spiro atoms. The van der Waals surface area contributed by atoms with E-state index in [0.29, 0.717) is 24.0 Å². The van der Waals surface area contributed by atoms with E-state index < -0.39 is 18.0 Å². The van der Waals surface area contributed by atoms with E-state index in [9.17, 15) is 19.2 Å². The predicted molar refractivity (Wildman–Crippen MR) is 127 cm³/mol. The van der Waals surface area contributed by atoms with Gasteiger partial charge in [-0.3, -0.25) is 19.2 Å². The third kappa shape index (κ3) is 6.23. The number of H-pyrrole nitrogens is 2. The minimum atomic E-state index is -0.638. The zero-order chi connectivity index (χ0) is 24.8. The maximum absolute atomic E-state index is 13.4. The van der Waals surface area contributed by atoms with Crippen molar-refractivity contribution < 1.29 is 19.2 Å². The summed E-state index contributed by atoms with van der Waals surface area (Å²) in [4.78, 5) is 65.1. The molecule has 1 fully saturated rings. The van der Waals surface area contributed by atoms with Crippen LogP contribution in [0.5, 0.6) is 0 Å². The summed E-state index contributed by atoms with van der Waals surface area (Å²) in [6.45, 7) is 1.96. The van der Waals surface area contributed by atoms with E-state index in [1.165, 1.54) is 19.6 Å². The van der Waals surface area contributed by atoms with Crippen LogP contribution in [0.3, 0.4) is 0 Å². The number of hydrogen-bond donors (Lipinski definition) is 4. The molecule has 4 rings (SSSR count). The Balaban J connectivity index is 1.57. The van der Waals surface area contributed by atoms with Crippen LogP contribution in [0.4, 0.5) is 0 Å². The SMILES string of the molecule is CC(=O)c1ccc(C(=O)C2CN[C@@H](Cc3cnc[nH]3)C(=O)CC(=O)[C@H](Cc3cnc[nH]3)NC2)cc1. The molecule has 10 nitrogen and oxygen atoms in total. The Hall–Kier alpha value is -3.76. The van der Waals surface area contributed by atoms with Crippen LogP contribution in [-0.2, 0) is 22.4 Å². The highest BCUT2D eigenvalue weighted by molar-refractivity contribution is 6.04. The van der Waals surface area contributed by atoms with Gasteiger partial charge in [0.15, 0.2) is 23.1 Å². The summed E-state index contributed by atoms with van der Waals surface area (Å²) < 4.78 is 0. The molecule has 35 heavy (non-hydrogen) atoms. The van der Waals surface area contributed by atoms with Crippen molar-refractivity contribution in [3.8, 4) is 0 Å². The van der Waals surface area contributed by atoms with Crippen LogP contribution in [0.25, 0.3) is 0 Å². The fraction of sp³-hybridized carbons (Fsp3) is 0.360. The molecule has 4 N–H and O–H groups in total. The quantitative estimate of drug-likeness (QED) is 0.292. The molecule has 0 saturated carbocycles. The molecule has 1 aliphatic rings. The van der Waals surface area contributed by atoms with E-state index in [1.807, 2.05) is 0 Å². The van der Waals surface area contributed by atoms with Crippen LogP contribution in [-0.4, -0.2) is 68.2 Å². The van der Waals surface area contributed by atoms with Gasteiger partial charge in [-0.25, -0.2) is 9.97 Å². The van der Waals surface area contributed by atoms with Gasteiger partial charge in [0.05, 0.1) is 31.2 Å². The van der Waals surface area contributed by atoms with Gasteiger partial charge in [0.2, 0.25) is 0 Å². The molecule has 0 unspecified atom stereocenters. The third-order valence-electron chi connectivity index (χ3n) is 6.25. The summed E-state index contributed by atoms with van der Waals surface area (Å²) in [5, 5.41) is 6.42. The second kappa shape index (κ2) is 11.1. The Kier molecular flexibility index (Phi) is 7.74. The third-order valence-corrected chi connectivity index (χ3v) is 6.25. The van der Waals surface area contributed by atoms with Crippen molar-refractivity contribution in [1.82, 2.24) is 30.6 Å². The molecule has 0 amide bonds. The first-order valence-corrected chi connectivity index (χ1v) is 11.5. The van der Waals surface area contributed by atoms with Gasteiger partial charge in [-0.05, 0) is 6.92 Å². The molecule has 0 aliphatic carbocycles. The standard InChI is InChI=1S/C25H28N6O4/c1-15(32)16-2-4-17(5-3-16)25(35)18-9-28-21(6-19-11-26-13-30-19)23(33)8-24(34)22(29-10-18)7-20-12-27-14-31-20/h2-5,11-14,18,21-22,28-29H,6-10H2,1H3,(H,26,30)(H,27,31)/t21-,22-/m0/s1. The first kappa shape index (κ1) is 24.4. The molecule has 0 bridgehead atoms. The maximum atomic E-state index is 13.4. The van der Waals surface area contributed by atoms with Crippen LogP contribution < -0.4 is 10.6 Å². The number of carbonyl (C=O) groups is 4. The normalized spacial score (nSPS) is 20.0. The minimum absolute atomic E-state index is 0.0775. The Morgan fingerprint density at radius 2 is 1.31 bits per heavy atom. The monoisotopic (exact) mass is 476 g/mol. The van der Waals surface area contributed by atoms with Gasteiger partial charge in [0.25, 0.3) is 0 Å². The van der Waals surface area contributed by atoms with E-state index >= 15 is 0 Å². The highest BCUT2D eigenvalue weighted by Crippen LogP contribution is 2.15. The number of nitrogens with zero attached hydrogens (tertiary/aromatic N) is 2. The van der Waals surface area contributed by atoms with Crippen molar-refractivity contribution in [2.24, 2.45) is 5.92 Å². The Labute approximate surface area is 202 Å². The molecule has 1 saturated heterocycles. The molecule has 182 valence electrons. The highest BCUT2D eigenvalue weighted by atomic mass is 16.2. The number of ketones is 4. The zero-order valence-electron chi connectivity index (χ0n) is 19.4. The van der Waals surface area contributed by atoms with Gasteiger partial charge in [0, 0.05) is 66.8 Å². The van der Waals surface area contributed by atoms with Crippen LogP contribution >= 0.6 is 0 Å². The summed E-state index contributed by atoms with van der Waals surface area (Å²) in [5.74, 6) is -1.22. The predicted octanol–water partition coefficient (Wildman–Crippen LogP) is 1.08. The zero-order valence-corrected chi connectivity index (χ0v) is 19.4. The Bertz CT molecular complexity index is 1110. The molecular weight excluding hydrogens is 448 g/mol. The lowest BCUT2D eigenvalue weighted by atomic mass is 9.92. The second-order valence-electron chi connectivity index (χ2n) is 8.79. The second-order valence-corrected chi connectivity index (χ2v) is 8.79. The van der Waals surface area contributed by atoms with Crippen molar-refractivity contribution in [1.29, 1.82) is 0 Å². The molecule has 1 aliphatic heterocycles. The fourth-order valence-electron chi connectivity index (χ4n) is 4.18. The molecule has 1 aromatic carbocycles. The van der Waals surface area contributed by atoms with Gasteiger partial charge < -0.3 is 20.6 Å². The molecule has 10 heteroatoms. The van der Waals surface area contributed by atoms with E-state index in [4.69, 9.17) is 0 Å². The van der Waals surface area contributed by atoms with Crippen LogP contribution in [0.1, 0.15) is 45.4 Å². The summed E-state index contributed by atoms with van der Waals surface area (Å²) in [7, 11) is 0. The van der Waals surface area contributed by atoms with Crippen molar-refractivity contribution in [3.05, 3.63) is 71.8 Å². The van der Waals surface area contributed by atoms with E-state index in [2.05, 4.69) is 30.6 Å². The topological polar surface area (TPSA) is 150 Å². The number of aromatic amines is 2. The fourth-order valence-corrected chi connectivity index (χ4v) is 4.18. The Morgan fingerprint density at radius 3 is 1.74 bits per heavy atom. The average molecular weight is 477 g/mol. The largest absolute Gasteiger partial charge is 0.348 e. The average Bonchev–Trinajstić information content (AvgIpc) is 3.56. The van der Waals surface area contributed by atoms with Crippen molar-refractivity contribution in [2.45, 2.75) is 38.3 Å². The summed E-state index contributed by atoms with van der Waals surface area (Å²) in [6.07, 6.45) is 6.79.